The molecule has 4 heteroatoms. The van der Waals surface area contributed by atoms with Crippen molar-refractivity contribution in [3.8, 4) is 0 Å². The predicted molar refractivity (Wildman–Crippen MR) is 61.1 cm³/mol. The minimum atomic E-state index is -0.279. The highest BCUT2D eigenvalue weighted by Gasteiger charge is 2.16. The van der Waals surface area contributed by atoms with E-state index in [1.165, 1.54) is 12.1 Å². The average Bonchev–Trinajstić information content (AvgIpc) is 2.26. The standard InChI is InChI=1S/C12H17FN2O/c1-8(9(2)14)12(16)15-7-10-3-5-11(13)6-4-10/h3-6,8-9H,7,14H2,1-2H3,(H,15,16). The Balaban J connectivity index is 2.46. The molecule has 0 aliphatic carbocycles. The Morgan fingerprint density at radius 2 is 1.94 bits per heavy atom. The van der Waals surface area contributed by atoms with E-state index < -0.39 is 0 Å². The van der Waals surface area contributed by atoms with Crippen molar-refractivity contribution < 1.29 is 9.18 Å². The van der Waals surface area contributed by atoms with Crippen molar-refractivity contribution in [2.24, 2.45) is 11.7 Å². The number of benzene rings is 1. The van der Waals surface area contributed by atoms with Crippen LogP contribution in [0.5, 0.6) is 0 Å². The molecule has 0 aliphatic heterocycles. The molecule has 1 aromatic rings. The molecule has 0 bridgehead atoms. The molecule has 2 atom stereocenters. The highest BCUT2D eigenvalue weighted by molar-refractivity contribution is 5.78. The van der Waals surface area contributed by atoms with Crippen LogP contribution in [0.1, 0.15) is 19.4 Å². The third kappa shape index (κ3) is 3.62. The van der Waals surface area contributed by atoms with E-state index in [-0.39, 0.29) is 23.7 Å². The molecule has 0 radical (unpaired) electrons. The van der Waals surface area contributed by atoms with Crippen molar-refractivity contribution in [2.45, 2.75) is 26.4 Å². The molecule has 1 aromatic carbocycles. The van der Waals surface area contributed by atoms with Gasteiger partial charge in [0, 0.05) is 18.5 Å². The lowest BCUT2D eigenvalue weighted by Crippen LogP contribution is -2.38. The summed E-state index contributed by atoms with van der Waals surface area (Å²) in [6.07, 6.45) is 0. The van der Waals surface area contributed by atoms with E-state index >= 15 is 0 Å². The van der Waals surface area contributed by atoms with Crippen LogP contribution in [0.3, 0.4) is 0 Å². The summed E-state index contributed by atoms with van der Waals surface area (Å²) in [5.74, 6) is -0.584. The highest BCUT2D eigenvalue weighted by atomic mass is 19.1. The number of rotatable bonds is 4. The average molecular weight is 224 g/mol. The Morgan fingerprint density at radius 1 is 1.38 bits per heavy atom. The molecule has 1 amide bonds. The van der Waals surface area contributed by atoms with Gasteiger partial charge in [-0.15, -0.1) is 0 Å². The van der Waals surface area contributed by atoms with E-state index in [1.807, 2.05) is 0 Å². The smallest absolute Gasteiger partial charge is 0.224 e. The molecule has 88 valence electrons. The minimum absolute atomic E-state index is 0.0840. The molecule has 0 heterocycles. The fraction of sp³-hybridized carbons (Fsp3) is 0.417. The Kier molecular flexibility index (Phi) is 4.43. The van der Waals surface area contributed by atoms with Crippen molar-refractivity contribution in [1.29, 1.82) is 0 Å². The Hall–Kier alpha value is -1.42. The van der Waals surface area contributed by atoms with Gasteiger partial charge in [-0.2, -0.15) is 0 Å². The van der Waals surface area contributed by atoms with Gasteiger partial charge in [0.1, 0.15) is 5.82 Å². The van der Waals surface area contributed by atoms with Crippen molar-refractivity contribution in [3.05, 3.63) is 35.6 Å². The van der Waals surface area contributed by atoms with Crippen molar-refractivity contribution in [2.75, 3.05) is 0 Å². The molecule has 0 saturated carbocycles. The molecule has 16 heavy (non-hydrogen) atoms. The zero-order valence-corrected chi connectivity index (χ0v) is 9.53. The first-order valence-corrected chi connectivity index (χ1v) is 5.28. The lowest BCUT2D eigenvalue weighted by molar-refractivity contribution is -0.125. The number of carbonyl (C=O) groups is 1. The molecule has 0 fully saturated rings. The van der Waals surface area contributed by atoms with Gasteiger partial charge in [-0.25, -0.2) is 4.39 Å². The number of amides is 1. The monoisotopic (exact) mass is 224 g/mol. The normalized spacial score (nSPS) is 14.2. The van der Waals surface area contributed by atoms with Gasteiger partial charge in [-0.3, -0.25) is 4.79 Å². The molecular formula is C12H17FN2O. The summed E-state index contributed by atoms with van der Waals surface area (Å²) < 4.78 is 12.6. The first-order valence-electron chi connectivity index (χ1n) is 5.28. The molecule has 0 aromatic heterocycles. The first-order chi connectivity index (χ1) is 7.50. The molecule has 3 nitrogen and oxygen atoms in total. The van der Waals surface area contributed by atoms with Crippen LogP contribution in [0, 0.1) is 11.7 Å². The predicted octanol–water partition coefficient (Wildman–Crippen LogP) is 1.43. The summed E-state index contributed by atoms with van der Waals surface area (Å²) in [5, 5.41) is 2.76. The molecular weight excluding hydrogens is 207 g/mol. The number of hydrogen-bond acceptors (Lipinski definition) is 2. The van der Waals surface area contributed by atoms with Crippen LogP contribution >= 0.6 is 0 Å². The van der Waals surface area contributed by atoms with Crippen molar-refractivity contribution in [3.63, 3.8) is 0 Å². The van der Waals surface area contributed by atoms with Crippen LogP contribution in [0.2, 0.25) is 0 Å². The number of nitrogens with two attached hydrogens (primary N) is 1. The van der Waals surface area contributed by atoms with Crippen molar-refractivity contribution in [1.82, 2.24) is 5.32 Å². The van der Waals surface area contributed by atoms with E-state index in [0.717, 1.165) is 5.56 Å². The van der Waals surface area contributed by atoms with E-state index in [2.05, 4.69) is 5.32 Å². The summed E-state index contributed by atoms with van der Waals surface area (Å²) in [4.78, 5) is 11.6. The van der Waals surface area contributed by atoms with Gasteiger partial charge in [-0.1, -0.05) is 19.1 Å². The lowest BCUT2D eigenvalue weighted by Gasteiger charge is -2.15. The van der Waals surface area contributed by atoms with Crippen LogP contribution in [0.4, 0.5) is 4.39 Å². The van der Waals surface area contributed by atoms with Gasteiger partial charge in [0.2, 0.25) is 5.91 Å². The molecule has 2 unspecified atom stereocenters. The topological polar surface area (TPSA) is 55.1 Å². The molecule has 3 N–H and O–H groups in total. The van der Waals surface area contributed by atoms with Gasteiger partial charge in [0.05, 0.1) is 0 Å². The second-order valence-corrected chi connectivity index (χ2v) is 3.99. The van der Waals surface area contributed by atoms with Crippen LogP contribution in [0.25, 0.3) is 0 Å². The second-order valence-electron chi connectivity index (χ2n) is 3.99. The van der Waals surface area contributed by atoms with Crippen LogP contribution in [-0.2, 0) is 11.3 Å². The summed E-state index contributed by atoms with van der Waals surface area (Å²) >= 11 is 0. The maximum Gasteiger partial charge on any atom is 0.224 e. The van der Waals surface area contributed by atoms with Gasteiger partial charge in [0.15, 0.2) is 0 Å². The van der Waals surface area contributed by atoms with Gasteiger partial charge < -0.3 is 11.1 Å². The number of carbonyl (C=O) groups excluding carboxylic acids is 1. The number of halogens is 1. The van der Waals surface area contributed by atoms with Crippen LogP contribution < -0.4 is 11.1 Å². The summed E-state index contributed by atoms with van der Waals surface area (Å²) in [7, 11) is 0. The third-order valence-electron chi connectivity index (χ3n) is 2.58. The third-order valence-corrected chi connectivity index (χ3v) is 2.58. The van der Waals surface area contributed by atoms with E-state index in [0.29, 0.717) is 6.54 Å². The fourth-order valence-corrected chi connectivity index (χ4v) is 1.19. The van der Waals surface area contributed by atoms with Crippen LogP contribution in [0.15, 0.2) is 24.3 Å². The maximum absolute atomic E-state index is 12.6. The molecule has 0 aliphatic rings. The van der Waals surface area contributed by atoms with E-state index in [9.17, 15) is 9.18 Å². The van der Waals surface area contributed by atoms with Crippen molar-refractivity contribution >= 4 is 5.91 Å². The largest absolute Gasteiger partial charge is 0.352 e. The Labute approximate surface area is 94.8 Å². The summed E-state index contributed by atoms with van der Waals surface area (Å²) in [6, 6.07) is 5.86. The number of hydrogen-bond donors (Lipinski definition) is 2. The molecule has 1 rings (SSSR count). The zero-order chi connectivity index (χ0) is 12.1. The highest BCUT2D eigenvalue weighted by Crippen LogP contribution is 2.04. The summed E-state index contributed by atoms with van der Waals surface area (Å²) in [5.41, 5.74) is 6.48. The number of nitrogens with one attached hydrogen (secondary N) is 1. The lowest BCUT2D eigenvalue weighted by atomic mass is 10.0. The van der Waals surface area contributed by atoms with E-state index in [4.69, 9.17) is 5.73 Å². The minimum Gasteiger partial charge on any atom is -0.352 e. The summed E-state index contributed by atoms with van der Waals surface area (Å²) in [6.45, 7) is 3.98. The SMILES string of the molecule is CC(N)C(C)C(=O)NCc1ccc(F)cc1. The molecule has 0 saturated heterocycles. The van der Waals surface area contributed by atoms with Gasteiger partial charge >= 0.3 is 0 Å². The fourth-order valence-electron chi connectivity index (χ4n) is 1.19. The first kappa shape index (κ1) is 12.6. The van der Waals surface area contributed by atoms with Crippen LogP contribution in [-0.4, -0.2) is 11.9 Å². The Morgan fingerprint density at radius 3 is 2.44 bits per heavy atom. The van der Waals surface area contributed by atoms with Gasteiger partial charge in [0.25, 0.3) is 0 Å². The molecule has 0 spiro atoms. The Bertz CT molecular complexity index is 349. The quantitative estimate of drug-likeness (QED) is 0.812. The maximum atomic E-state index is 12.6. The van der Waals surface area contributed by atoms with Gasteiger partial charge in [-0.05, 0) is 24.6 Å². The zero-order valence-electron chi connectivity index (χ0n) is 9.53. The van der Waals surface area contributed by atoms with E-state index in [1.54, 1.807) is 26.0 Å². The second kappa shape index (κ2) is 5.61.